The number of hydrogen-bond acceptors (Lipinski definition) is 3. The number of carbonyl (C=O) groups is 1. The Bertz CT molecular complexity index is 446. The van der Waals surface area contributed by atoms with Crippen LogP contribution in [-0.2, 0) is 0 Å². The topological polar surface area (TPSA) is 56.2 Å². The van der Waals surface area contributed by atoms with Crippen LogP contribution in [0.25, 0.3) is 11.1 Å². The Balaban J connectivity index is 2.61. The monoisotopic (exact) mass is 187 g/mol. The van der Waals surface area contributed by atoms with Crippen LogP contribution in [0.5, 0.6) is 0 Å². The van der Waals surface area contributed by atoms with Crippen molar-refractivity contribution >= 4 is 12.2 Å². The molecular weight excluding hydrogens is 178 g/mol. The van der Waals surface area contributed by atoms with E-state index in [9.17, 15) is 4.79 Å². The zero-order valence-corrected chi connectivity index (χ0v) is 7.44. The Hall–Kier alpha value is -2.03. The van der Waals surface area contributed by atoms with E-state index in [-0.39, 0.29) is 5.88 Å². The molecule has 0 radical (unpaired) electrons. The number of benzene rings is 1. The fraction of sp³-hybridized carbons (Fsp3) is 0. The summed E-state index contributed by atoms with van der Waals surface area (Å²) in [5.74, 6) is 0.276. The second-order valence-electron chi connectivity index (χ2n) is 2.91. The van der Waals surface area contributed by atoms with E-state index in [0.29, 0.717) is 11.1 Å². The van der Waals surface area contributed by atoms with Crippen LogP contribution in [0.1, 0.15) is 10.4 Å². The van der Waals surface area contributed by atoms with Gasteiger partial charge in [-0.2, -0.15) is 0 Å². The molecule has 1 aromatic carbocycles. The molecule has 0 aliphatic rings. The van der Waals surface area contributed by atoms with Gasteiger partial charge in [-0.1, -0.05) is 30.3 Å². The maximum absolute atomic E-state index is 10.7. The third kappa shape index (κ3) is 1.29. The molecule has 3 nitrogen and oxygen atoms in total. The van der Waals surface area contributed by atoms with E-state index in [4.69, 9.17) is 10.2 Å². The minimum Gasteiger partial charge on any atom is -0.448 e. The lowest BCUT2D eigenvalue weighted by molar-refractivity contribution is 0.112. The minimum absolute atomic E-state index is 0.276. The summed E-state index contributed by atoms with van der Waals surface area (Å²) in [7, 11) is 0. The SMILES string of the molecule is Nc1occ(C=O)c1-c1ccccc1. The molecule has 0 saturated carbocycles. The van der Waals surface area contributed by atoms with Gasteiger partial charge in [0.05, 0.1) is 11.1 Å². The molecule has 2 rings (SSSR count). The van der Waals surface area contributed by atoms with Gasteiger partial charge in [0.15, 0.2) is 12.2 Å². The third-order valence-corrected chi connectivity index (χ3v) is 2.04. The van der Waals surface area contributed by atoms with E-state index in [1.54, 1.807) is 0 Å². The quantitative estimate of drug-likeness (QED) is 0.734. The van der Waals surface area contributed by atoms with Crippen molar-refractivity contribution < 1.29 is 9.21 Å². The predicted molar refractivity (Wildman–Crippen MR) is 53.9 cm³/mol. The largest absolute Gasteiger partial charge is 0.448 e. The predicted octanol–water partition coefficient (Wildman–Crippen LogP) is 2.34. The lowest BCUT2D eigenvalue weighted by Gasteiger charge is -1.98. The second kappa shape index (κ2) is 3.38. The molecule has 0 atom stereocenters. The zero-order valence-electron chi connectivity index (χ0n) is 7.44. The molecule has 1 heterocycles. The molecule has 2 aromatic rings. The highest BCUT2D eigenvalue weighted by Gasteiger charge is 2.11. The highest BCUT2D eigenvalue weighted by atomic mass is 16.3. The van der Waals surface area contributed by atoms with Crippen LogP contribution >= 0.6 is 0 Å². The van der Waals surface area contributed by atoms with E-state index >= 15 is 0 Å². The van der Waals surface area contributed by atoms with Crippen LogP contribution < -0.4 is 5.73 Å². The van der Waals surface area contributed by atoms with Gasteiger partial charge in [0.2, 0.25) is 0 Å². The van der Waals surface area contributed by atoms with Gasteiger partial charge in [-0.15, -0.1) is 0 Å². The first-order valence-electron chi connectivity index (χ1n) is 4.20. The first-order chi connectivity index (χ1) is 6.83. The van der Waals surface area contributed by atoms with Gasteiger partial charge in [0, 0.05) is 0 Å². The average Bonchev–Trinajstić information content (AvgIpc) is 2.61. The molecule has 2 N–H and O–H groups in total. The van der Waals surface area contributed by atoms with E-state index in [2.05, 4.69) is 0 Å². The lowest BCUT2D eigenvalue weighted by Crippen LogP contribution is -1.87. The van der Waals surface area contributed by atoms with Gasteiger partial charge in [-0.05, 0) is 5.56 Å². The molecular formula is C11H9NO2. The van der Waals surface area contributed by atoms with Crippen LogP contribution in [0.2, 0.25) is 0 Å². The highest BCUT2D eigenvalue weighted by molar-refractivity contribution is 5.91. The Labute approximate surface area is 81.1 Å². The van der Waals surface area contributed by atoms with E-state index in [1.807, 2.05) is 30.3 Å². The van der Waals surface area contributed by atoms with Crippen molar-refractivity contribution in [2.24, 2.45) is 0 Å². The summed E-state index contributed by atoms with van der Waals surface area (Å²) in [6.07, 6.45) is 2.10. The van der Waals surface area contributed by atoms with Crippen molar-refractivity contribution in [1.29, 1.82) is 0 Å². The zero-order chi connectivity index (χ0) is 9.97. The smallest absolute Gasteiger partial charge is 0.198 e. The van der Waals surface area contributed by atoms with Crippen LogP contribution in [0, 0.1) is 0 Å². The van der Waals surface area contributed by atoms with Crippen LogP contribution in [-0.4, -0.2) is 6.29 Å². The number of rotatable bonds is 2. The number of aldehydes is 1. The Morgan fingerprint density at radius 2 is 1.93 bits per heavy atom. The summed E-state index contributed by atoms with van der Waals surface area (Å²) in [5.41, 5.74) is 7.66. The number of carbonyl (C=O) groups excluding carboxylic acids is 1. The molecule has 70 valence electrons. The maximum Gasteiger partial charge on any atom is 0.198 e. The number of hydrogen-bond donors (Lipinski definition) is 1. The first-order valence-corrected chi connectivity index (χ1v) is 4.20. The Morgan fingerprint density at radius 3 is 2.57 bits per heavy atom. The van der Waals surface area contributed by atoms with Gasteiger partial charge < -0.3 is 10.2 Å². The fourth-order valence-corrected chi connectivity index (χ4v) is 1.39. The summed E-state index contributed by atoms with van der Waals surface area (Å²) in [6, 6.07) is 9.44. The molecule has 14 heavy (non-hydrogen) atoms. The molecule has 0 unspecified atom stereocenters. The molecule has 0 aliphatic carbocycles. The van der Waals surface area contributed by atoms with Gasteiger partial charge in [0.25, 0.3) is 0 Å². The normalized spacial score (nSPS) is 10.0. The number of nitrogen functional groups attached to an aromatic ring is 1. The summed E-state index contributed by atoms with van der Waals surface area (Å²) in [5, 5.41) is 0. The van der Waals surface area contributed by atoms with Crippen molar-refractivity contribution in [2.75, 3.05) is 5.73 Å². The van der Waals surface area contributed by atoms with Crippen LogP contribution in [0.15, 0.2) is 41.0 Å². The van der Waals surface area contributed by atoms with Crippen LogP contribution in [0.3, 0.4) is 0 Å². The van der Waals surface area contributed by atoms with Crippen molar-refractivity contribution in [3.05, 3.63) is 42.2 Å². The summed E-state index contributed by atoms with van der Waals surface area (Å²) in [4.78, 5) is 10.7. The van der Waals surface area contributed by atoms with Crippen molar-refractivity contribution in [3.63, 3.8) is 0 Å². The third-order valence-electron chi connectivity index (χ3n) is 2.04. The van der Waals surface area contributed by atoms with Crippen molar-refractivity contribution in [1.82, 2.24) is 0 Å². The number of nitrogens with two attached hydrogens (primary N) is 1. The number of furan rings is 1. The van der Waals surface area contributed by atoms with Gasteiger partial charge >= 0.3 is 0 Å². The molecule has 0 bridgehead atoms. The maximum atomic E-state index is 10.7. The lowest BCUT2D eigenvalue weighted by atomic mass is 10.0. The van der Waals surface area contributed by atoms with Crippen LogP contribution in [0.4, 0.5) is 5.88 Å². The Kier molecular flexibility index (Phi) is 2.07. The standard InChI is InChI=1S/C11H9NO2/c12-11-10(9(6-13)7-14-11)8-4-2-1-3-5-8/h1-7H,12H2. The molecule has 0 saturated heterocycles. The fourth-order valence-electron chi connectivity index (χ4n) is 1.39. The van der Waals surface area contributed by atoms with E-state index in [1.165, 1.54) is 6.26 Å². The first kappa shape index (κ1) is 8.56. The molecule has 0 spiro atoms. The summed E-state index contributed by atoms with van der Waals surface area (Å²) in [6.45, 7) is 0. The Morgan fingerprint density at radius 1 is 1.21 bits per heavy atom. The van der Waals surface area contributed by atoms with E-state index in [0.717, 1.165) is 11.8 Å². The molecule has 1 aromatic heterocycles. The molecule has 0 aliphatic heterocycles. The minimum atomic E-state index is 0.276. The second-order valence-corrected chi connectivity index (χ2v) is 2.91. The van der Waals surface area contributed by atoms with Gasteiger partial charge in [0.1, 0.15) is 6.26 Å². The highest BCUT2D eigenvalue weighted by Crippen LogP contribution is 2.29. The average molecular weight is 187 g/mol. The van der Waals surface area contributed by atoms with Crippen molar-refractivity contribution in [2.45, 2.75) is 0 Å². The number of anilines is 1. The van der Waals surface area contributed by atoms with Gasteiger partial charge in [-0.3, -0.25) is 4.79 Å². The summed E-state index contributed by atoms with van der Waals surface area (Å²) < 4.78 is 4.99. The molecule has 0 fully saturated rings. The summed E-state index contributed by atoms with van der Waals surface area (Å²) >= 11 is 0. The van der Waals surface area contributed by atoms with Crippen molar-refractivity contribution in [3.8, 4) is 11.1 Å². The molecule has 3 heteroatoms. The van der Waals surface area contributed by atoms with Gasteiger partial charge in [-0.25, -0.2) is 0 Å². The molecule has 0 amide bonds. The van der Waals surface area contributed by atoms with E-state index < -0.39 is 0 Å².